The number of pyridine rings is 1. The van der Waals surface area contributed by atoms with Gasteiger partial charge in [-0.05, 0) is 49.4 Å². The third-order valence-corrected chi connectivity index (χ3v) is 3.83. The smallest absolute Gasteiger partial charge is 0.406 e. The maximum absolute atomic E-state index is 12.2. The van der Waals surface area contributed by atoms with Crippen LogP contribution in [-0.4, -0.2) is 11.3 Å². The van der Waals surface area contributed by atoms with E-state index in [0.717, 1.165) is 36.9 Å². The van der Waals surface area contributed by atoms with Crippen molar-refractivity contribution in [2.45, 2.75) is 32.0 Å². The molecule has 0 radical (unpaired) electrons. The molecule has 0 amide bonds. The van der Waals surface area contributed by atoms with E-state index in [1.165, 1.54) is 18.2 Å². The summed E-state index contributed by atoms with van der Waals surface area (Å²) in [6.45, 7) is 0. The number of nitrogens with zero attached hydrogens (tertiary/aromatic N) is 1. The van der Waals surface area contributed by atoms with Gasteiger partial charge in [-0.3, -0.25) is 4.98 Å². The molecule has 1 aromatic heterocycles. The number of hydrogen-bond acceptors (Lipinski definition) is 2. The first-order valence-electron chi connectivity index (χ1n) is 6.31. The summed E-state index contributed by atoms with van der Waals surface area (Å²) in [6.07, 6.45) is -0.926. The van der Waals surface area contributed by atoms with Crippen LogP contribution < -0.4 is 4.74 Å². The molecule has 0 unspecified atom stereocenters. The van der Waals surface area contributed by atoms with Gasteiger partial charge < -0.3 is 4.74 Å². The normalized spacial score (nSPS) is 15.2. The molecule has 106 valence electrons. The number of ether oxygens (including phenoxy) is 1. The Morgan fingerprint density at radius 1 is 1.15 bits per heavy atom. The molecule has 3 rings (SSSR count). The summed E-state index contributed by atoms with van der Waals surface area (Å²) >= 11 is 6.33. The van der Waals surface area contributed by atoms with Gasteiger partial charge in [-0.15, -0.1) is 13.2 Å². The van der Waals surface area contributed by atoms with Gasteiger partial charge >= 0.3 is 6.36 Å². The van der Waals surface area contributed by atoms with Gasteiger partial charge in [-0.2, -0.15) is 0 Å². The van der Waals surface area contributed by atoms with Gasteiger partial charge in [0.1, 0.15) is 5.75 Å². The maximum Gasteiger partial charge on any atom is 0.573 e. The van der Waals surface area contributed by atoms with E-state index in [2.05, 4.69) is 9.72 Å². The fraction of sp³-hybridized carbons (Fsp3) is 0.357. The summed E-state index contributed by atoms with van der Waals surface area (Å²) in [7, 11) is 0. The number of alkyl halides is 3. The summed E-state index contributed by atoms with van der Waals surface area (Å²) in [6, 6.07) is 4.07. The zero-order valence-electron chi connectivity index (χ0n) is 10.4. The summed E-state index contributed by atoms with van der Waals surface area (Å²) in [5.74, 6) is -0.274. The highest BCUT2D eigenvalue weighted by molar-refractivity contribution is 6.36. The van der Waals surface area contributed by atoms with Gasteiger partial charge in [0.15, 0.2) is 0 Å². The molecule has 0 saturated heterocycles. The lowest BCUT2D eigenvalue weighted by molar-refractivity contribution is -0.274. The number of halogens is 4. The average molecular weight is 302 g/mol. The first-order valence-corrected chi connectivity index (χ1v) is 6.68. The van der Waals surface area contributed by atoms with Crippen LogP contribution in [0.4, 0.5) is 13.2 Å². The second kappa shape index (κ2) is 4.81. The van der Waals surface area contributed by atoms with Crippen LogP contribution in [0, 0.1) is 0 Å². The standard InChI is InChI=1S/C14H11ClF3NO/c15-13-9-3-1-2-4-11(9)19-12-6-5-8(7-10(12)13)20-14(16,17)18/h5-7H,1-4H2. The summed E-state index contributed by atoms with van der Waals surface area (Å²) in [5.41, 5.74) is 2.51. The number of fused-ring (bicyclic) bond motifs is 2. The highest BCUT2D eigenvalue weighted by atomic mass is 35.5. The van der Waals surface area contributed by atoms with E-state index in [1.807, 2.05) is 0 Å². The molecule has 2 nitrogen and oxygen atoms in total. The van der Waals surface area contributed by atoms with Crippen LogP contribution in [0.3, 0.4) is 0 Å². The number of benzene rings is 1. The molecule has 1 aromatic carbocycles. The van der Waals surface area contributed by atoms with Crippen molar-refractivity contribution in [3.63, 3.8) is 0 Å². The molecule has 1 heterocycles. The average Bonchev–Trinajstić information content (AvgIpc) is 2.38. The second-order valence-corrected chi connectivity index (χ2v) is 5.16. The Morgan fingerprint density at radius 2 is 1.90 bits per heavy atom. The van der Waals surface area contributed by atoms with Gasteiger partial charge in [-0.1, -0.05) is 11.6 Å². The number of aromatic nitrogens is 1. The minimum Gasteiger partial charge on any atom is -0.406 e. The van der Waals surface area contributed by atoms with Gasteiger partial charge in [0.2, 0.25) is 0 Å². The van der Waals surface area contributed by atoms with Crippen molar-refractivity contribution in [3.8, 4) is 5.75 Å². The molecule has 1 aliphatic carbocycles. The molecule has 2 aromatic rings. The molecule has 0 bridgehead atoms. The highest BCUT2D eigenvalue weighted by Gasteiger charge is 2.31. The Balaban J connectivity index is 2.11. The quantitative estimate of drug-likeness (QED) is 0.764. The number of aryl methyl sites for hydroxylation is 1. The van der Waals surface area contributed by atoms with E-state index >= 15 is 0 Å². The minimum atomic E-state index is -4.71. The van der Waals surface area contributed by atoms with Crippen LogP contribution in [0.1, 0.15) is 24.1 Å². The van der Waals surface area contributed by atoms with Crippen molar-refractivity contribution in [1.82, 2.24) is 4.98 Å². The lowest BCUT2D eigenvalue weighted by Crippen LogP contribution is -2.17. The molecule has 0 saturated carbocycles. The zero-order chi connectivity index (χ0) is 14.3. The van der Waals surface area contributed by atoms with E-state index in [4.69, 9.17) is 11.6 Å². The molecule has 6 heteroatoms. The SMILES string of the molecule is FC(F)(F)Oc1ccc2nc3c(c(Cl)c2c1)CCCC3. The van der Waals surface area contributed by atoms with Crippen molar-refractivity contribution < 1.29 is 17.9 Å². The Kier molecular flexibility index (Phi) is 3.24. The van der Waals surface area contributed by atoms with Crippen LogP contribution in [0.2, 0.25) is 5.02 Å². The van der Waals surface area contributed by atoms with E-state index in [0.29, 0.717) is 15.9 Å². The monoisotopic (exact) mass is 301 g/mol. The Bertz CT molecular complexity index is 669. The van der Waals surface area contributed by atoms with Crippen molar-refractivity contribution in [2.24, 2.45) is 0 Å². The molecule has 1 aliphatic rings. The first-order chi connectivity index (χ1) is 9.44. The number of rotatable bonds is 1. The molecular weight excluding hydrogens is 291 g/mol. The van der Waals surface area contributed by atoms with Gasteiger partial charge in [0, 0.05) is 11.1 Å². The summed E-state index contributed by atoms with van der Waals surface area (Å²) < 4.78 is 40.7. The second-order valence-electron chi connectivity index (χ2n) is 4.78. The van der Waals surface area contributed by atoms with Crippen LogP contribution in [0.25, 0.3) is 10.9 Å². The topological polar surface area (TPSA) is 22.1 Å². The minimum absolute atomic E-state index is 0.274. The molecule has 0 fully saturated rings. The number of hydrogen-bond donors (Lipinski definition) is 0. The lowest BCUT2D eigenvalue weighted by atomic mass is 9.94. The fourth-order valence-corrected chi connectivity index (χ4v) is 2.90. The zero-order valence-corrected chi connectivity index (χ0v) is 11.2. The van der Waals surface area contributed by atoms with Crippen LogP contribution >= 0.6 is 11.6 Å². The van der Waals surface area contributed by atoms with Crippen molar-refractivity contribution in [1.29, 1.82) is 0 Å². The molecule has 20 heavy (non-hydrogen) atoms. The third-order valence-electron chi connectivity index (χ3n) is 3.40. The Hall–Kier alpha value is -1.49. The van der Waals surface area contributed by atoms with Gasteiger partial charge in [0.25, 0.3) is 0 Å². The Morgan fingerprint density at radius 3 is 2.65 bits per heavy atom. The maximum atomic E-state index is 12.2. The predicted octanol–water partition coefficient (Wildman–Crippen LogP) is 4.67. The third kappa shape index (κ3) is 2.54. The molecular formula is C14H11ClF3NO. The highest BCUT2D eigenvalue weighted by Crippen LogP contribution is 2.35. The predicted molar refractivity (Wildman–Crippen MR) is 70.1 cm³/mol. The van der Waals surface area contributed by atoms with Gasteiger partial charge in [0.05, 0.1) is 10.5 Å². The molecule has 0 N–H and O–H groups in total. The summed E-state index contributed by atoms with van der Waals surface area (Å²) in [4.78, 5) is 4.49. The van der Waals surface area contributed by atoms with E-state index < -0.39 is 6.36 Å². The van der Waals surface area contributed by atoms with Crippen LogP contribution in [0.15, 0.2) is 18.2 Å². The molecule has 0 aliphatic heterocycles. The largest absolute Gasteiger partial charge is 0.573 e. The molecule has 0 atom stereocenters. The fourth-order valence-electron chi connectivity index (χ4n) is 2.54. The van der Waals surface area contributed by atoms with E-state index in [9.17, 15) is 13.2 Å². The van der Waals surface area contributed by atoms with Gasteiger partial charge in [-0.25, -0.2) is 0 Å². The lowest BCUT2D eigenvalue weighted by Gasteiger charge is -2.18. The van der Waals surface area contributed by atoms with Crippen LogP contribution in [-0.2, 0) is 12.8 Å². The van der Waals surface area contributed by atoms with Crippen molar-refractivity contribution in [3.05, 3.63) is 34.5 Å². The molecule has 0 spiro atoms. The van der Waals surface area contributed by atoms with Crippen molar-refractivity contribution in [2.75, 3.05) is 0 Å². The summed E-state index contributed by atoms with van der Waals surface area (Å²) in [5, 5.41) is 1.01. The van der Waals surface area contributed by atoms with Crippen molar-refractivity contribution >= 4 is 22.5 Å². The van der Waals surface area contributed by atoms with Crippen LogP contribution in [0.5, 0.6) is 5.75 Å². The van der Waals surface area contributed by atoms with E-state index in [-0.39, 0.29) is 5.75 Å². The Labute approximate surface area is 118 Å². The van der Waals surface area contributed by atoms with E-state index in [1.54, 1.807) is 0 Å². The first kappa shape index (κ1) is 13.5.